The molecular weight excluding hydrogens is 174 g/mol. The molecule has 2 heteroatoms. The smallest absolute Gasteiger partial charge is 0.247 e. The SMILES string of the molecule is CC1=CC(Cc2ccccc2)NC1=O. The van der Waals surface area contributed by atoms with Crippen molar-refractivity contribution in [1.82, 2.24) is 5.32 Å². The van der Waals surface area contributed by atoms with Crippen molar-refractivity contribution in [3.05, 3.63) is 47.5 Å². The summed E-state index contributed by atoms with van der Waals surface area (Å²) < 4.78 is 0. The standard InChI is InChI=1S/C12H13NO/c1-9-7-11(13-12(9)14)8-10-5-3-2-4-6-10/h2-7,11H,8H2,1H3,(H,13,14). The molecule has 1 aliphatic heterocycles. The van der Waals surface area contributed by atoms with Crippen LogP contribution in [0.4, 0.5) is 0 Å². The average molecular weight is 187 g/mol. The highest BCUT2D eigenvalue weighted by Crippen LogP contribution is 2.11. The van der Waals surface area contributed by atoms with Crippen molar-refractivity contribution in [1.29, 1.82) is 0 Å². The molecule has 0 aromatic heterocycles. The molecule has 1 aromatic carbocycles. The fourth-order valence-electron chi connectivity index (χ4n) is 1.68. The van der Waals surface area contributed by atoms with Gasteiger partial charge in [-0.05, 0) is 18.9 Å². The maximum atomic E-state index is 11.2. The highest BCUT2D eigenvalue weighted by Gasteiger charge is 2.19. The largest absolute Gasteiger partial charge is 0.346 e. The Kier molecular flexibility index (Phi) is 2.35. The average Bonchev–Trinajstić information content (AvgIpc) is 2.47. The van der Waals surface area contributed by atoms with Crippen LogP contribution < -0.4 is 5.32 Å². The summed E-state index contributed by atoms with van der Waals surface area (Å²) in [5.41, 5.74) is 2.08. The molecule has 1 amide bonds. The predicted octanol–water partition coefficient (Wildman–Crippen LogP) is 1.67. The van der Waals surface area contributed by atoms with Gasteiger partial charge in [0, 0.05) is 5.57 Å². The van der Waals surface area contributed by atoms with E-state index in [9.17, 15) is 4.79 Å². The van der Waals surface area contributed by atoms with Crippen LogP contribution in [-0.4, -0.2) is 11.9 Å². The van der Waals surface area contributed by atoms with E-state index >= 15 is 0 Å². The second-order valence-corrected chi connectivity index (χ2v) is 3.62. The van der Waals surface area contributed by atoms with Crippen LogP contribution in [0.1, 0.15) is 12.5 Å². The monoisotopic (exact) mass is 187 g/mol. The quantitative estimate of drug-likeness (QED) is 0.749. The molecule has 0 radical (unpaired) electrons. The predicted molar refractivity (Wildman–Crippen MR) is 55.8 cm³/mol. The minimum atomic E-state index is 0.0610. The van der Waals surface area contributed by atoms with Crippen LogP contribution in [-0.2, 0) is 11.2 Å². The van der Waals surface area contributed by atoms with E-state index in [1.54, 1.807) is 0 Å². The molecule has 0 spiro atoms. The van der Waals surface area contributed by atoms with Crippen molar-refractivity contribution in [3.63, 3.8) is 0 Å². The van der Waals surface area contributed by atoms with E-state index in [1.807, 2.05) is 31.2 Å². The lowest BCUT2D eigenvalue weighted by atomic mass is 10.1. The topological polar surface area (TPSA) is 29.1 Å². The second kappa shape index (κ2) is 3.66. The number of hydrogen-bond acceptors (Lipinski definition) is 1. The van der Waals surface area contributed by atoms with Crippen molar-refractivity contribution in [3.8, 4) is 0 Å². The van der Waals surface area contributed by atoms with Crippen LogP contribution in [0.5, 0.6) is 0 Å². The lowest BCUT2D eigenvalue weighted by Gasteiger charge is -2.08. The summed E-state index contributed by atoms with van der Waals surface area (Å²) in [7, 11) is 0. The van der Waals surface area contributed by atoms with E-state index in [2.05, 4.69) is 17.4 Å². The maximum absolute atomic E-state index is 11.2. The third-order valence-corrected chi connectivity index (χ3v) is 2.42. The Balaban J connectivity index is 2.04. The summed E-state index contributed by atoms with van der Waals surface area (Å²) in [5.74, 6) is 0.0610. The molecule has 0 saturated carbocycles. The molecule has 2 nitrogen and oxygen atoms in total. The molecule has 1 atom stereocenters. The number of nitrogens with one attached hydrogen (secondary N) is 1. The fourth-order valence-corrected chi connectivity index (χ4v) is 1.68. The van der Waals surface area contributed by atoms with Gasteiger partial charge in [0.1, 0.15) is 0 Å². The molecule has 0 fully saturated rings. The van der Waals surface area contributed by atoms with Gasteiger partial charge in [0.25, 0.3) is 0 Å². The number of rotatable bonds is 2. The maximum Gasteiger partial charge on any atom is 0.247 e. The van der Waals surface area contributed by atoms with E-state index in [4.69, 9.17) is 0 Å². The molecule has 0 bridgehead atoms. The normalized spacial score (nSPS) is 20.5. The number of benzene rings is 1. The molecule has 2 rings (SSSR count). The molecule has 0 aliphatic carbocycles. The first kappa shape index (κ1) is 9.00. The van der Waals surface area contributed by atoms with Gasteiger partial charge in [-0.3, -0.25) is 4.79 Å². The van der Waals surface area contributed by atoms with Gasteiger partial charge in [0.05, 0.1) is 6.04 Å². The van der Waals surface area contributed by atoms with Gasteiger partial charge in [-0.25, -0.2) is 0 Å². The van der Waals surface area contributed by atoms with Gasteiger partial charge in [0.2, 0.25) is 5.91 Å². The molecule has 1 unspecified atom stereocenters. The first-order valence-electron chi connectivity index (χ1n) is 4.79. The van der Waals surface area contributed by atoms with Gasteiger partial charge in [-0.1, -0.05) is 36.4 Å². The van der Waals surface area contributed by atoms with Gasteiger partial charge in [0.15, 0.2) is 0 Å². The van der Waals surface area contributed by atoms with E-state index in [-0.39, 0.29) is 11.9 Å². The Morgan fingerprint density at radius 2 is 2.00 bits per heavy atom. The minimum Gasteiger partial charge on any atom is -0.346 e. The first-order chi connectivity index (χ1) is 6.75. The molecule has 1 N–H and O–H groups in total. The Bertz CT molecular complexity index is 367. The van der Waals surface area contributed by atoms with Crippen molar-refractivity contribution < 1.29 is 4.79 Å². The summed E-state index contributed by atoms with van der Waals surface area (Å²) in [5, 5.41) is 2.92. The van der Waals surface area contributed by atoms with Gasteiger partial charge < -0.3 is 5.32 Å². The van der Waals surface area contributed by atoms with E-state index in [0.29, 0.717) is 0 Å². The van der Waals surface area contributed by atoms with E-state index in [0.717, 1.165) is 12.0 Å². The Labute approximate surface area is 83.6 Å². The molecule has 1 heterocycles. The van der Waals surface area contributed by atoms with Crippen molar-refractivity contribution in [2.45, 2.75) is 19.4 Å². The number of carbonyl (C=O) groups excluding carboxylic acids is 1. The lowest BCUT2D eigenvalue weighted by Crippen LogP contribution is -2.28. The van der Waals surface area contributed by atoms with Gasteiger partial charge in [-0.15, -0.1) is 0 Å². The summed E-state index contributed by atoms with van der Waals surface area (Å²) in [6.45, 7) is 1.85. The zero-order valence-corrected chi connectivity index (χ0v) is 8.16. The second-order valence-electron chi connectivity index (χ2n) is 3.62. The van der Waals surface area contributed by atoms with Crippen LogP contribution in [0, 0.1) is 0 Å². The molecule has 72 valence electrons. The van der Waals surface area contributed by atoms with Crippen molar-refractivity contribution >= 4 is 5.91 Å². The zero-order chi connectivity index (χ0) is 9.97. The first-order valence-corrected chi connectivity index (χ1v) is 4.79. The summed E-state index contributed by atoms with van der Waals surface area (Å²) in [4.78, 5) is 11.2. The summed E-state index contributed by atoms with van der Waals surface area (Å²) in [6, 6.07) is 10.4. The molecule has 0 saturated heterocycles. The van der Waals surface area contributed by atoms with Gasteiger partial charge in [-0.2, -0.15) is 0 Å². The minimum absolute atomic E-state index is 0.0610. The van der Waals surface area contributed by atoms with Crippen LogP contribution in [0.3, 0.4) is 0 Å². The van der Waals surface area contributed by atoms with Crippen LogP contribution in [0.2, 0.25) is 0 Å². The van der Waals surface area contributed by atoms with Crippen LogP contribution in [0.15, 0.2) is 42.0 Å². The van der Waals surface area contributed by atoms with E-state index in [1.165, 1.54) is 5.56 Å². The third-order valence-electron chi connectivity index (χ3n) is 2.42. The summed E-state index contributed by atoms with van der Waals surface area (Å²) in [6.07, 6.45) is 2.87. The van der Waals surface area contributed by atoms with E-state index < -0.39 is 0 Å². The fraction of sp³-hybridized carbons (Fsp3) is 0.250. The highest BCUT2D eigenvalue weighted by atomic mass is 16.1. The summed E-state index contributed by atoms with van der Waals surface area (Å²) >= 11 is 0. The molecule has 1 aromatic rings. The number of amides is 1. The number of carbonyl (C=O) groups is 1. The Morgan fingerprint density at radius 3 is 2.57 bits per heavy atom. The molecule has 1 aliphatic rings. The molecule has 14 heavy (non-hydrogen) atoms. The van der Waals surface area contributed by atoms with Crippen molar-refractivity contribution in [2.24, 2.45) is 0 Å². The third kappa shape index (κ3) is 1.84. The highest BCUT2D eigenvalue weighted by molar-refractivity contribution is 5.95. The lowest BCUT2D eigenvalue weighted by molar-refractivity contribution is -0.117. The molecular formula is C12H13NO. The Morgan fingerprint density at radius 1 is 1.29 bits per heavy atom. The van der Waals surface area contributed by atoms with Crippen LogP contribution >= 0.6 is 0 Å². The Hall–Kier alpha value is -1.57. The zero-order valence-electron chi connectivity index (χ0n) is 8.16. The number of hydrogen-bond donors (Lipinski definition) is 1. The van der Waals surface area contributed by atoms with Crippen molar-refractivity contribution in [2.75, 3.05) is 0 Å². The van der Waals surface area contributed by atoms with Gasteiger partial charge >= 0.3 is 0 Å². The van der Waals surface area contributed by atoms with Crippen LogP contribution in [0.25, 0.3) is 0 Å².